The minimum atomic E-state index is 0.637. The number of guanidine groups is 1. The first-order chi connectivity index (χ1) is 7.88. The average Bonchev–Trinajstić information content (AvgIpc) is 2.38. The van der Waals surface area contributed by atoms with Crippen molar-refractivity contribution in [1.82, 2.24) is 15.6 Å². The molecule has 2 heterocycles. The van der Waals surface area contributed by atoms with Gasteiger partial charge in [0.15, 0.2) is 5.96 Å². The fraction of sp³-hybridized carbons (Fsp3) is 0.455. The summed E-state index contributed by atoms with van der Waals surface area (Å²) in [4.78, 5) is 8.63. The summed E-state index contributed by atoms with van der Waals surface area (Å²) in [5.74, 6) is 1.49. The number of aromatic nitrogens is 1. The molecule has 16 heavy (non-hydrogen) atoms. The van der Waals surface area contributed by atoms with Crippen molar-refractivity contribution in [1.29, 1.82) is 0 Å². The van der Waals surface area contributed by atoms with E-state index in [9.17, 15) is 0 Å². The molecule has 1 aliphatic heterocycles. The summed E-state index contributed by atoms with van der Waals surface area (Å²) < 4.78 is 5.06. The second-order valence-electron chi connectivity index (χ2n) is 3.54. The maximum Gasteiger partial charge on any atom is 0.213 e. The van der Waals surface area contributed by atoms with Crippen LogP contribution < -0.4 is 15.4 Å². The number of ether oxygens (including phenoxy) is 1. The van der Waals surface area contributed by atoms with E-state index in [1.54, 1.807) is 7.11 Å². The third-order valence-electron chi connectivity index (χ3n) is 2.32. The Morgan fingerprint density at radius 2 is 2.44 bits per heavy atom. The van der Waals surface area contributed by atoms with Gasteiger partial charge in [-0.2, -0.15) is 0 Å². The Morgan fingerprint density at radius 3 is 3.19 bits per heavy atom. The van der Waals surface area contributed by atoms with Crippen molar-refractivity contribution >= 4 is 5.96 Å². The molecule has 0 saturated heterocycles. The highest BCUT2D eigenvalue weighted by molar-refractivity contribution is 5.80. The molecular weight excluding hydrogens is 204 g/mol. The van der Waals surface area contributed by atoms with Gasteiger partial charge in [-0.3, -0.25) is 4.99 Å². The van der Waals surface area contributed by atoms with Crippen molar-refractivity contribution < 1.29 is 4.74 Å². The Morgan fingerprint density at radius 1 is 1.50 bits per heavy atom. The molecule has 0 spiro atoms. The number of hydrogen-bond acceptors (Lipinski definition) is 5. The summed E-state index contributed by atoms with van der Waals surface area (Å²) in [7, 11) is 1.62. The van der Waals surface area contributed by atoms with Gasteiger partial charge in [-0.25, -0.2) is 4.98 Å². The van der Waals surface area contributed by atoms with Gasteiger partial charge in [0, 0.05) is 19.2 Å². The summed E-state index contributed by atoms with van der Waals surface area (Å²) in [6, 6.07) is 5.72. The van der Waals surface area contributed by atoms with E-state index in [1.165, 1.54) is 0 Å². The third-order valence-corrected chi connectivity index (χ3v) is 2.32. The topological polar surface area (TPSA) is 58.5 Å². The zero-order chi connectivity index (χ0) is 11.2. The number of pyridine rings is 1. The lowest BCUT2D eigenvalue weighted by atomic mass is 10.3. The molecule has 1 aromatic heterocycles. The smallest absolute Gasteiger partial charge is 0.213 e. The van der Waals surface area contributed by atoms with Crippen LogP contribution in [0.25, 0.3) is 0 Å². The van der Waals surface area contributed by atoms with Crippen LogP contribution in [0.4, 0.5) is 0 Å². The summed E-state index contributed by atoms with van der Waals surface area (Å²) in [5, 5.41) is 6.41. The average molecular weight is 220 g/mol. The molecule has 0 aliphatic carbocycles. The predicted molar refractivity (Wildman–Crippen MR) is 62.6 cm³/mol. The number of nitrogens with zero attached hydrogens (tertiary/aromatic N) is 2. The highest BCUT2D eigenvalue weighted by atomic mass is 16.5. The van der Waals surface area contributed by atoms with Gasteiger partial charge in [-0.1, -0.05) is 6.07 Å². The Hall–Kier alpha value is -1.78. The summed E-state index contributed by atoms with van der Waals surface area (Å²) in [6.45, 7) is 2.53. The lowest BCUT2D eigenvalue weighted by molar-refractivity contribution is 0.396. The van der Waals surface area contributed by atoms with Crippen LogP contribution in [-0.2, 0) is 6.54 Å². The largest absolute Gasteiger partial charge is 0.481 e. The molecule has 86 valence electrons. The SMILES string of the molecule is COc1cccc(CNC2=NCCCN2)n1. The number of methoxy groups -OCH3 is 1. The molecule has 0 amide bonds. The van der Waals surface area contributed by atoms with Gasteiger partial charge in [-0.15, -0.1) is 0 Å². The molecule has 0 bridgehead atoms. The van der Waals surface area contributed by atoms with Gasteiger partial charge in [0.2, 0.25) is 5.88 Å². The van der Waals surface area contributed by atoms with E-state index in [4.69, 9.17) is 4.74 Å². The van der Waals surface area contributed by atoms with Gasteiger partial charge in [-0.05, 0) is 12.5 Å². The van der Waals surface area contributed by atoms with Gasteiger partial charge < -0.3 is 15.4 Å². The van der Waals surface area contributed by atoms with Crippen molar-refractivity contribution in [2.45, 2.75) is 13.0 Å². The van der Waals surface area contributed by atoms with Crippen LogP contribution in [0.3, 0.4) is 0 Å². The fourth-order valence-electron chi connectivity index (χ4n) is 1.50. The van der Waals surface area contributed by atoms with Gasteiger partial charge in [0.25, 0.3) is 0 Å². The maximum absolute atomic E-state index is 5.06. The quantitative estimate of drug-likeness (QED) is 0.780. The molecule has 1 aromatic rings. The second-order valence-corrected chi connectivity index (χ2v) is 3.54. The first-order valence-corrected chi connectivity index (χ1v) is 5.40. The van der Waals surface area contributed by atoms with E-state index in [0.29, 0.717) is 12.4 Å². The first kappa shape index (κ1) is 10.7. The Kier molecular flexibility index (Phi) is 3.58. The zero-order valence-corrected chi connectivity index (χ0v) is 9.36. The lowest BCUT2D eigenvalue weighted by Crippen LogP contribution is -2.40. The van der Waals surface area contributed by atoms with Crippen LogP contribution in [0, 0.1) is 0 Å². The minimum Gasteiger partial charge on any atom is -0.481 e. The van der Waals surface area contributed by atoms with Crippen LogP contribution in [0.15, 0.2) is 23.2 Å². The molecule has 2 N–H and O–H groups in total. The molecule has 0 unspecified atom stereocenters. The van der Waals surface area contributed by atoms with Gasteiger partial charge >= 0.3 is 0 Å². The van der Waals surface area contributed by atoms with Crippen molar-refractivity contribution in [3.8, 4) is 5.88 Å². The standard InChI is InChI=1S/C11H16N4O/c1-16-10-5-2-4-9(15-10)8-14-11-12-6-3-7-13-11/h2,4-5H,3,6-8H2,1H3,(H2,12,13,14). The summed E-state index contributed by atoms with van der Waals surface area (Å²) in [5.41, 5.74) is 0.939. The number of hydrogen-bond donors (Lipinski definition) is 2. The molecule has 0 atom stereocenters. The van der Waals surface area contributed by atoms with E-state index in [2.05, 4.69) is 20.6 Å². The Balaban J connectivity index is 1.91. The van der Waals surface area contributed by atoms with Crippen molar-refractivity contribution in [2.75, 3.05) is 20.2 Å². The van der Waals surface area contributed by atoms with Crippen molar-refractivity contribution in [2.24, 2.45) is 4.99 Å². The number of nitrogens with one attached hydrogen (secondary N) is 2. The minimum absolute atomic E-state index is 0.637. The number of aliphatic imine (C=N–C) groups is 1. The van der Waals surface area contributed by atoms with Crippen LogP contribution >= 0.6 is 0 Å². The highest BCUT2D eigenvalue weighted by Gasteiger charge is 2.03. The van der Waals surface area contributed by atoms with Crippen LogP contribution in [-0.4, -0.2) is 31.1 Å². The highest BCUT2D eigenvalue weighted by Crippen LogP contribution is 2.06. The molecule has 0 radical (unpaired) electrons. The monoisotopic (exact) mass is 220 g/mol. The molecule has 0 saturated carbocycles. The van der Waals surface area contributed by atoms with E-state index in [1.807, 2.05) is 18.2 Å². The molecule has 2 rings (SSSR count). The number of rotatable bonds is 3. The third kappa shape index (κ3) is 2.85. The Labute approximate surface area is 94.9 Å². The van der Waals surface area contributed by atoms with Crippen molar-refractivity contribution in [3.05, 3.63) is 23.9 Å². The van der Waals surface area contributed by atoms with E-state index in [-0.39, 0.29) is 0 Å². The molecule has 5 nitrogen and oxygen atoms in total. The van der Waals surface area contributed by atoms with Crippen LogP contribution in [0.2, 0.25) is 0 Å². The molecular formula is C11H16N4O. The fourth-order valence-corrected chi connectivity index (χ4v) is 1.50. The maximum atomic E-state index is 5.06. The van der Waals surface area contributed by atoms with E-state index >= 15 is 0 Å². The van der Waals surface area contributed by atoms with Crippen LogP contribution in [0.5, 0.6) is 5.88 Å². The zero-order valence-electron chi connectivity index (χ0n) is 9.36. The molecule has 0 aromatic carbocycles. The summed E-state index contributed by atoms with van der Waals surface area (Å²) >= 11 is 0. The van der Waals surface area contributed by atoms with Crippen LogP contribution in [0.1, 0.15) is 12.1 Å². The van der Waals surface area contributed by atoms with E-state index < -0.39 is 0 Å². The molecule has 5 heteroatoms. The molecule has 1 aliphatic rings. The predicted octanol–water partition coefficient (Wildman–Crippen LogP) is 0.529. The second kappa shape index (κ2) is 5.34. The summed E-state index contributed by atoms with van der Waals surface area (Å²) in [6.07, 6.45) is 1.10. The molecule has 0 fully saturated rings. The first-order valence-electron chi connectivity index (χ1n) is 5.40. The normalized spacial score (nSPS) is 14.9. The lowest BCUT2D eigenvalue weighted by Gasteiger charge is -2.15. The van der Waals surface area contributed by atoms with Gasteiger partial charge in [0.1, 0.15) is 0 Å². The van der Waals surface area contributed by atoms with Crippen molar-refractivity contribution in [3.63, 3.8) is 0 Å². The van der Waals surface area contributed by atoms with E-state index in [0.717, 1.165) is 31.2 Å². The van der Waals surface area contributed by atoms with Gasteiger partial charge in [0.05, 0.1) is 19.3 Å². The Bertz CT molecular complexity index is 378.